The van der Waals surface area contributed by atoms with E-state index in [0.717, 1.165) is 11.1 Å². The van der Waals surface area contributed by atoms with E-state index in [2.05, 4.69) is 21.3 Å². The van der Waals surface area contributed by atoms with Crippen molar-refractivity contribution in [3.63, 3.8) is 0 Å². The first-order valence-electron chi connectivity index (χ1n) is 14.6. The Bertz CT molecular complexity index is 1200. The highest BCUT2D eigenvalue weighted by Gasteiger charge is 2.35. The molecule has 1 saturated heterocycles. The molecule has 1 heterocycles. The Morgan fingerprint density at radius 2 is 1.58 bits per heavy atom. The Kier molecular flexibility index (Phi) is 12.5. The van der Waals surface area contributed by atoms with Gasteiger partial charge in [0.05, 0.1) is 24.4 Å². The molecular weight excluding hydrogens is 552 g/mol. The first-order valence-corrected chi connectivity index (χ1v) is 14.6. The number of benzene rings is 2. The topological polar surface area (TPSA) is 155 Å². The van der Waals surface area contributed by atoms with Gasteiger partial charge in [-0.25, -0.2) is 4.79 Å². The number of nitrogens with one attached hydrogen (secondary N) is 4. The smallest absolute Gasteiger partial charge is 0.408 e. The zero-order chi connectivity index (χ0) is 31.4. The minimum Gasteiger partial charge on any atom is -0.445 e. The minimum atomic E-state index is -1.19. The van der Waals surface area contributed by atoms with Crippen LogP contribution in [0.5, 0.6) is 0 Å². The van der Waals surface area contributed by atoms with Crippen molar-refractivity contribution in [2.45, 2.75) is 83.4 Å². The van der Waals surface area contributed by atoms with Gasteiger partial charge in [0.2, 0.25) is 17.7 Å². The normalized spacial score (nSPS) is 17.6. The second kappa shape index (κ2) is 16.0. The lowest BCUT2D eigenvalue weighted by Crippen LogP contribution is -2.59. The second-order valence-corrected chi connectivity index (χ2v) is 11.8. The van der Waals surface area contributed by atoms with Crippen LogP contribution in [0.25, 0.3) is 0 Å². The van der Waals surface area contributed by atoms with E-state index in [9.17, 15) is 24.3 Å². The molecule has 5 N–H and O–H groups in total. The lowest BCUT2D eigenvalue weighted by molar-refractivity contribution is -0.135. The van der Waals surface area contributed by atoms with Crippen molar-refractivity contribution >= 4 is 23.8 Å². The van der Waals surface area contributed by atoms with Crippen molar-refractivity contribution in [2.75, 3.05) is 13.2 Å². The molecule has 0 saturated carbocycles. The highest BCUT2D eigenvalue weighted by molar-refractivity contribution is 5.92. The first kappa shape index (κ1) is 33.5. The van der Waals surface area contributed by atoms with Crippen LogP contribution in [0.3, 0.4) is 0 Å². The van der Waals surface area contributed by atoms with E-state index in [1.54, 1.807) is 6.92 Å². The summed E-state index contributed by atoms with van der Waals surface area (Å²) in [7, 11) is 0. The maximum absolute atomic E-state index is 13.7. The molecule has 0 radical (unpaired) electrons. The van der Waals surface area contributed by atoms with Gasteiger partial charge < -0.3 is 35.8 Å². The molecule has 1 aliphatic heterocycles. The number of amides is 4. The number of alkyl carbamates (subject to hydrolysis) is 1. The zero-order valence-corrected chi connectivity index (χ0v) is 25.3. The van der Waals surface area contributed by atoms with Gasteiger partial charge in [-0.1, -0.05) is 60.7 Å². The van der Waals surface area contributed by atoms with Crippen LogP contribution >= 0.6 is 0 Å². The monoisotopic (exact) mass is 596 g/mol. The van der Waals surface area contributed by atoms with Crippen molar-refractivity contribution in [3.8, 4) is 0 Å². The number of carbonyl (C=O) groups is 4. The van der Waals surface area contributed by atoms with Crippen LogP contribution in [-0.2, 0) is 36.9 Å². The third kappa shape index (κ3) is 11.3. The van der Waals surface area contributed by atoms with Crippen LogP contribution in [0, 0.1) is 5.92 Å². The molecule has 11 heteroatoms. The van der Waals surface area contributed by atoms with Gasteiger partial charge in [-0.2, -0.15) is 0 Å². The van der Waals surface area contributed by atoms with Crippen LogP contribution < -0.4 is 21.3 Å². The molecule has 3 rings (SSSR count). The summed E-state index contributed by atoms with van der Waals surface area (Å²) in [6, 6.07) is 15.4. The summed E-state index contributed by atoms with van der Waals surface area (Å²) in [5.41, 5.74) is 0.949. The van der Waals surface area contributed by atoms with E-state index in [1.807, 2.05) is 81.4 Å². The van der Waals surface area contributed by atoms with E-state index < -0.39 is 47.7 Å². The van der Waals surface area contributed by atoms with Gasteiger partial charge in [-0.15, -0.1) is 0 Å². The molecule has 0 spiro atoms. The first-order chi connectivity index (χ1) is 20.4. The van der Waals surface area contributed by atoms with Gasteiger partial charge in [-0.05, 0) is 51.7 Å². The fourth-order valence-corrected chi connectivity index (χ4v) is 4.93. The molecule has 0 aromatic heterocycles. The van der Waals surface area contributed by atoms with E-state index in [0.29, 0.717) is 13.0 Å². The van der Waals surface area contributed by atoms with Crippen molar-refractivity contribution in [1.29, 1.82) is 0 Å². The fourth-order valence-electron chi connectivity index (χ4n) is 4.93. The summed E-state index contributed by atoms with van der Waals surface area (Å²) in [5.74, 6) is -1.59. The van der Waals surface area contributed by atoms with Gasteiger partial charge in [0, 0.05) is 18.9 Å². The molecule has 4 amide bonds. The lowest BCUT2D eigenvalue weighted by atomic mass is 9.98. The zero-order valence-electron chi connectivity index (χ0n) is 25.3. The molecule has 234 valence electrons. The molecule has 0 bridgehead atoms. The molecule has 0 aliphatic carbocycles. The fraction of sp³-hybridized carbons (Fsp3) is 0.500. The van der Waals surface area contributed by atoms with E-state index in [4.69, 9.17) is 9.47 Å². The Hall–Kier alpha value is -3.96. The second-order valence-electron chi connectivity index (χ2n) is 11.8. The van der Waals surface area contributed by atoms with E-state index >= 15 is 0 Å². The number of aliphatic hydroxyl groups is 1. The number of hydrogen-bond acceptors (Lipinski definition) is 7. The van der Waals surface area contributed by atoms with Gasteiger partial charge in [0.25, 0.3) is 0 Å². The Balaban J connectivity index is 1.76. The van der Waals surface area contributed by atoms with Crippen LogP contribution in [0.15, 0.2) is 60.7 Å². The van der Waals surface area contributed by atoms with Gasteiger partial charge >= 0.3 is 6.09 Å². The van der Waals surface area contributed by atoms with Crippen molar-refractivity contribution in [3.05, 3.63) is 71.8 Å². The minimum absolute atomic E-state index is 0.0100. The summed E-state index contributed by atoms with van der Waals surface area (Å²) in [5, 5.41) is 20.9. The molecule has 5 atom stereocenters. The summed E-state index contributed by atoms with van der Waals surface area (Å²) in [4.78, 5) is 52.1. The average molecular weight is 597 g/mol. The van der Waals surface area contributed by atoms with Gasteiger partial charge in [0.15, 0.2) is 0 Å². The summed E-state index contributed by atoms with van der Waals surface area (Å²) in [6.45, 7) is 7.35. The van der Waals surface area contributed by atoms with E-state index in [-0.39, 0.29) is 37.9 Å². The highest BCUT2D eigenvalue weighted by Crippen LogP contribution is 2.17. The maximum Gasteiger partial charge on any atom is 0.408 e. The SMILES string of the molecule is CC(OC(C)(C)C)[C@H](NC(=O)OCc1ccccc1)C(=O)N[C@@H](Cc1ccccc1)C(=O)N[C@H](CO)C[C@@H]1CCNC1=O. The maximum atomic E-state index is 13.7. The summed E-state index contributed by atoms with van der Waals surface area (Å²) in [6.07, 6.45) is -0.550. The number of aliphatic hydroxyl groups excluding tert-OH is 1. The van der Waals surface area contributed by atoms with Crippen LogP contribution in [0.1, 0.15) is 51.7 Å². The van der Waals surface area contributed by atoms with Crippen LogP contribution in [-0.4, -0.2) is 71.9 Å². The number of carbonyl (C=O) groups excluding carboxylic acids is 4. The van der Waals surface area contributed by atoms with Gasteiger partial charge in [0.1, 0.15) is 18.7 Å². The van der Waals surface area contributed by atoms with Crippen molar-refractivity contribution in [2.24, 2.45) is 5.92 Å². The lowest BCUT2D eigenvalue weighted by Gasteiger charge is -2.31. The predicted octanol–water partition coefficient (Wildman–Crippen LogP) is 2.22. The molecule has 2 aromatic rings. The number of rotatable bonds is 14. The summed E-state index contributed by atoms with van der Waals surface area (Å²) >= 11 is 0. The van der Waals surface area contributed by atoms with Crippen molar-refractivity contribution < 1.29 is 33.8 Å². The summed E-state index contributed by atoms with van der Waals surface area (Å²) < 4.78 is 11.4. The largest absolute Gasteiger partial charge is 0.445 e. The third-order valence-corrected chi connectivity index (χ3v) is 6.99. The Morgan fingerprint density at radius 3 is 2.14 bits per heavy atom. The Labute approximate surface area is 253 Å². The molecule has 11 nitrogen and oxygen atoms in total. The third-order valence-electron chi connectivity index (χ3n) is 6.99. The molecule has 43 heavy (non-hydrogen) atoms. The number of ether oxygens (including phenoxy) is 2. The molecule has 2 aromatic carbocycles. The quantitative estimate of drug-likeness (QED) is 0.224. The predicted molar refractivity (Wildman–Crippen MR) is 161 cm³/mol. The molecular formula is C32H44N4O7. The molecule has 1 unspecified atom stereocenters. The number of hydrogen-bond donors (Lipinski definition) is 5. The van der Waals surface area contributed by atoms with Gasteiger partial charge in [-0.3, -0.25) is 14.4 Å². The van der Waals surface area contributed by atoms with E-state index in [1.165, 1.54) is 0 Å². The van der Waals surface area contributed by atoms with Crippen molar-refractivity contribution in [1.82, 2.24) is 21.3 Å². The molecule has 1 fully saturated rings. The van der Waals surface area contributed by atoms with Crippen LogP contribution in [0.2, 0.25) is 0 Å². The Morgan fingerprint density at radius 1 is 0.953 bits per heavy atom. The highest BCUT2D eigenvalue weighted by atomic mass is 16.6. The standard InChI is InChI=1S/C32H44N4O7/c1-21(43-32(2,3)4)27(36-31(41)42-20-23-13-9-6-10-14-23)30(40)35-26(17-22-11-7-5-8-12-22)29(39)34-25(19-37)18-24-15-16-33-28(24)38/h5-14,21,24-27,37H,15-20H2,1-4H3,(H,33,38)(H,34,39)(H,35,40)(H,36,41)/t21?,24-,25-,26-,27-/m0/s1. The average Bonchev–Trinajstić information content (AvgIpc) is 3.37. The van der Waals surface area contributed by atoms with Crippen LogP contribution in [0.4, 0.5) is 4.79 Å². The molecule has 1 aliphatic rings.